The van der Waals surface area contributed by atoms with Crippen molar-refractivity contribution in [3.05, 3.63) is 69.2 Å². The van der Waals surface area contributed by atoms with Crippen LogP contribution < -0.4 is 16.2 Å². The van der Waals surface area contributed by atoms with Gasteiger partial charge in [-0.25, -0.2) is 0 Å². The number of halogens is 1. The standard InChI is InChI=1S/C17H16BrN3O2S/c1-10-4-3-5-12(8-10)15(22)19-17(24)21-20-16(23)13-7-6-11(2)14(18)9-13/h3-9H,1-2H3,(H,20,23)(H2,19,21,22,24). The van der Waals surface area contributed by atoms with Crippen LogP contribution >= 0.6 is 28.1 Å². The first-order valence-electron chi connectivity index (χ1n) is 7.11. The van der Waals surface area contributed by atoms with Gasteiger partial charge < -0.3 is 0 Å². The highest BCUT2D eigenvalue weighted by Gasteiger charge is 2.10. The second-order valence-corrected chi connectivity index (χ2v) is 6.46. The molecule has 0 heterocycles. The molecule has 2 rings (SSSR count). The van der Waals surface area contributed by atoms with E-state index in [1.807, 2.05) is 26.0 Å². The molecule has 0 atom stereocenters. The Kier molecular flexibility index (Phi) is 6.05. The monoisotopic (exact) mass is 405 g/mol. The molecule has 0 spiro atoms. The largest absolute Gasteiger partial charge is 0.298 e. The molecule has 0 aliphatic carbocycles. The molecule has 24 heavy (non-hydrogen) atoms. The first-order valence-corrected chi connectivity index (χ1v) is 8.31. The smallest absolute Gasteiger partial charge is 0.269 e. The Morgan fingerprint density at radius 2 is 1.67 bits per heavy atom. The van der Waals surface area contributed by atoms with Crippen LogP contribution in [0.1, 0.15) is 31.8 Å². The maximum absolute atomic E-state index is 12.0. The van der Waals surface area contributed by atoms with E-state index in [0.29, 0.717) is 11.1 Å². The average Bonchev–Trinajstić information content (AvgIpc) is 2.55. The summed E-state index contributed by atoms with van der Waals surface area (Å²) < 4.78 is 0.838. The molecule has 0 bridgehead atoms. The number of rotatable bonds is 2. The van der Waals surface area contributed by atoms with E-state index >= 15 is 0 Å². The molecule has 0 saturated carbocycles. The Labute approximate surface area is 153 Å². The van der Waals surface area contributed by atoms with E-state index in [2.05, 4.69) is 32.1 Å². The molecular formula is C17H16BrN3O2S. The average molecular weight is 406 g/mol. The van der Waals surface area contributed by atoms with Gasteiger partial charge in [0.2, 0.25) is 0 Å². The van der Waals surface area contributed by atoms with Gasteiger partial charge in [-0.2, -0.15) is 0 Å². The van der Waals surface area contributed by atoms with Crippen molar-refractivity contribution in [2.45, 2.75) is 13.8 Å². The Bertz CT molecular complexity index is 808. The summed E-state index contributed by atoms with van der Waals surface area (Å²) in [5.41, 5.74) is 7.92. The van der Waals surface area contributed by atoms with Crippen molar-refractivity contribution in [1.82, 2.24) is 16.2 Å². The number of thiocarbonyl (C=S) groups is 1. The number of carbonyl (C=O) groups is 2. The highest BCUT2D eigenvalue weighted by atomic mass is 79.9. The SMILES string of the molecule is Cc1cccc(C(=O)NC(=S)NNC(=O)c2ccc(C)c(Br)c2)c1. The topological polar surface area (TPSA) is 70.2 Å². The second kappa shape index (κ2) is 8.03. The molecule has 0 aromatic heterocycles. The van der Waals surface area contributed by atoms with E-state index in [9.17, 15) is 9.59 Å². The zero-order chi connectivity index (χ0) is 17.7. The van der Waals surface area contributed by atoms with Crippen LogP contribution in [0.25, 0.3) is 0 Å². The van der Waals surface area contributed by atoms with Gasteiger partial charge in [0.1, 0.15) is 0 Å². The number of amides is 2. The van der Waals surface area contributed by atoms with Crippen molar-refractivity contribution in [3.63, 3.8) is 0 Å². The molecule has 0 aliphatic rings. The van der Waals surface area contributed by atoms with Gasteiger partial charge in [-0.05, 0) is 55.9 Å². The number of hydrogen-bond acceptors (Lipinski definition) is 3. The Hall–Kier alpha value is -2.25. The number of hydrazine groups is 1. The van der Waals surface area contributed by atoms with Crippen molar-refractivity contribution >= 4 is 45.1 Å². The minimum atomic E-state index is -0.358. The second-order valence-electron chi connectivity index (χ2n) is 5.20. The third-order valence-electron chi connectivity index (χ3n) is 3.23. The molecule has 124 valence electrons. The van der Waals surface area contributed by atoms with E-state index in [1.165, 1.54) is 0 Å². The van der Waals surface area contributed by atoms with Gasteiger partial charge in [0.05, 0.1) is 0 Å². The van der Waals surface area contributed by atoms with Gasteiger partial charge in [-0.15, -0.1) is 0 Å². The first-order chi connectivity index (χ1) is 11.4. The fourth-order valence-corrected chi connectivity index (χ4v) is 2.44. The molecule has 2 aromatic carbocycles. The summed E-state index contributed by atoms with van der Waals surface area (Å²) in [6.45, 7) is 3.83. The van der Waals surface area contributed by atoms with E-state index in [4.69, 9.17) is 12.2 Å². The third-order valence-corrected chi connectivity index (χ3v) is 4.29. The van der Waals surface area contributed by atoms with Crippen molar-refractivity contribution in [2.24, 2.45) is 0 Å². The van der Waals surface area contributed by atoms with Gasteiger partial charge in [0, 0.05) is 15.6 Å². The highest BCUT2D eigenvalue weighted by Crippen LogP contribution is 2.17. The normalized spacial score (nSPS) is 9.96. The zero-order valence-electron chi connectivity index (χ0n) is 13.1. The Morgan fingerprint density at radius 3 is 2.33 bits per heavy atom. The molecule has 3 N–H and O–H groups in total. The van der Waals surface area contributed by atoms with Crippen molar-refractivity contribution < 1.29 is 9.59 Å². The molecule has 2 amide bonds. The molecule has 0 unspecified atom stereocenters. The molecule has 2 aromatic rings. The summed E-state index contributed by atoms with van der Waals surface area (Å²) in [5, 5.41) is 2.52. The minimum Gasteiger partial charge on any atom is -0.298 e. The van der Waals surface area contributed by atoms with Gasteiger partial charge in [-0.1, -0.05) is 39.7 Å². The van der Waals surface area contributed by atoms with Crippen molar-refractivity contribution in [2.75, 3.05) is 0 Å². The fourth-order valence-electron chi connectivity index (χ4n) is 1.91. The molecule has 7 heteroatoms. The lowest BCUT2D eigenvalue weighted by atomic mass is 10.1. The maximum Gasteiger partial charge on any atom is 0.269 e. The summed E-state index contributed by atoms with van der Waals surface area (Å²) >= 11 is 8.39. The summed E-state index contributed by atoms with van der Waals surface area (Å²) in [4.78, 5) is 24.1. The van der Waals surface area contributed by atoms with Crippen LogP contribution in [0.5, 0.6) is 0 Å². The van der Waals surface area contributed by atoms with Crippen LogP contribution in [-0.2, 0) is 0 Å². The molecular weight excluding hydrogens is 390 g/mol. The van der Waals surface area contributed by atoms with Crippen molar-refractivity contribution in [3.8, 4) is 0 Å². The lowest BCUT2D eigenvalue weighted by molar-refractivity contribution is 0.0934. The van der Waals surface area contributed by atoms with Crippen LogP contribution in [-0.4, -0.2) is 16.9 Å². The Balaban J connectivity index is 1.89. The fraction of sp³-hybridized carbons (Fsp3) is 0.118. The van der Waals surface area contributed by atoms with Gasteiger partial charge in [-0.3, -0.25) is 25.8 Å². The molecule has 0 aliphatic heterocycles. The first kappa shape index (κ1) is 18.1. The van der Waals surface area contributed by atoms with Crippen LogP contribution in [0.2, 0.25) is 0 Å². The molecule has 0 saturated heterocycles. The van der Waals surface area contributed by atoms with Crippen molar-refractivity contribution in [1.29, 1.82) is 0 Å². The summed E-state index contributed by atoms with van der Waals surface area (Å²) in [6, 6.07) is 12.4. The van der Waals surface area contributed by atoms with E-state index in [1.54, 1.807) is 30.3 Å². The summed E-state index contributed by atoms with van der Waals surface area (Å²) in [7, 11) is 0. The number of carbonyl (C=O) groups excluding carboxylic acids is 2. The van der Waals surface area contributed by atoms with Gasteiger partial charge in [0.25, 0.3) is 11.8 Å². The minimum absolute atomic E-state index is 0.0148. The molecule has 0 fully saturated rings. The van der Waals surface area contributed by atoms with Gasteiger partial charge >= 0.3 is 0 Å². The van der Waals surface area contributed by atoms with Crippen LogP contribution in [0.3, 0.4) is 0 Å². The molecule has 5 nitrogen and oxygen atoms in total. The quantitative estimate of drug-likeness (QED) is 0.530. The van der Waals surface area contributed by atoms with Crippen LogP contribution in [0.4, 0.5) is 0 Å². The van der Waals surface area contributed by atoms with E-state index in [-0.39, 0.29) is 16.9 Å². The lowest BCUT2D eigenvalue weighted by Crippen LogP contribution is -2.48. The predicted octanol–water partition coefficient (Wildman–Crippen LogP) is 3.02. The van der Waals surface area contributed by atoms with Crippen LogP contribution in [0, 0.1) is 13.8 Å². The van der Waals surface area contributed by atoms with Crippen LogP contribution in [0.15, 0.2) is 46.9 Å². The maximum atomic E-state index is 12.0. The summed E-state index contributed by atoms with van der Waals surface area (Å²) in [6.07, 6.45) is 0. The predicted molar refractivity (Wildman–Crippen MR) is 101 cm³/mol. The highest BCUT2D eigenvalue weighted by molar-refractivity contribution is 9.10. The number of aryl methyl sites for hydroxylation is 2. The lowest BCUT2D eigenvalue weighted by Gasteiger charge is -2.11. The third kappa shape index (κ3) is 4.87. The molecule has 0 radical (unpaired) electrons. The zero-order valence-corrected chi connectivity index (χ0v) is 15.5. The Morgan fingerprint density at radius 1 is 0.958 bits per heavy atom. The van der Waals surface area contributed by atoms with E-state index < -0.39 is 0 Å². The van der Waals surface area contributed by atoms with Gasteiger partial charge in [0.15, 0.2) is 5.11 Å². The van der Waals surface area contributed by atoms with E-state index in [0.717, 1.165) is 15.6 Å². The number of nitrogens with one attached hydrogen (secondary N) is 3. The summed E-state index contributed by atoms with van der Waals surface area (Å²) in [5.74, 6) is -0.702. The number of benzene rings is 2. The number of hydrogen-bond donors (Lipinski definition) is 3.